The zero-order chi connectivity index (χ0) is 10.0. The number of nitrogen functional groups attached to an aromatic ring is 1. The minimum atomic E-state index is 0.648. The van der Waals surface area contributed by atoms with Crippen LogP contribution in [0.25, 0.3) is 0 Å². The standard InChI is InChI=1S/C10H17N3/c1-6-7(2)9(5-12-4)10(11)13-8(6)3/h12H,5H2,1-4H3,(H2,11,13). The van der Waals surface area contributed by atoms with Gasteiger partial charge in [-0.3, -0.25) is 0 Å². The van der Waals surface area contributed by atoms with E-state index < -0.39 is 0 Å². The summed E-state index contributed by atoms with van der Waals surface area (Å²) in [4.78, 5) is 4.29. The Labute approximate surface area is 79.4 Å². The number of hydrogen-bond donors (Lipinski definition) is 2. The summed E-state index contributed by atoms with van der Waals surface area (Å²) < 4.78 is 0. The van der Waals surface area contributed by atoms with Gasteiger partial charge in [-0.05, 0) is 38.9 Å². The van der Waals surface area contributed by atoms with E-state index in [2.05, 4.69) is 24.1 Å². The van der Waals surface area contributed by atoms with E-state index in [1.165, 1.54) is 11.1 Å². The van der Waals surface area contributed by atoms with E-state index in [0.29, 0.717) is 5.82 Å². The molecule has 0 aromatic carbocycles. The second kappa shape index (κ2) is 3.75. The molecule has 3 heteroatoms. The molecule has 0 saturated carbocycles. The van der Waals surface area contributed by atoms with Crippen LogP contribution in [0.3, 0.4) is 0 Å². The van der Waals surface area contributed by atoms with Crippen LogP contribution in [0.1, 0.15) is 22.4 Å². The number of aromatic nitrogens is 1. The van der Waals surface area contributed by atoms with Gasteiger partial charge in [-0.1, -0.05) is 0 Å². The minimum absolute atomic E-state index is 0.648. The fourth-order valence-corrected chi connectivity index (χ4v) is 1.42. The lowest BCUT2D eigenvalue weighted by Gasteiger charge is -2.12. The van der Waals surface area contributed by atoms with Crippen molar-refractivity contribution < 1.29 is 0 Å². The van der Waals surface area contributed by atoms with Gasteiger partial charge in [0.25, 0.3) is 0 Å². The van der Waals surface area contributed by atoms with Crippen molar-refractivity contribution in [2.24, 2.45) is 0 Å². The van der Waals surface area contributed by atoms with Gasteiger partial charge < -0.3 is 11.1 Å². The maximum absolute atomic E-state index is 5.83. The molecule has 3 N–H and O–H groups in total. The van der Waals surface area contributed by atoms with Gasteiger partial charge in [-0.2, -0.15) is 0 Å². The average molecular weight is 179 g/mol. The Kier molecular flexibility index (Phi) is 2.88. The zero-order valence-corrected chi connectivity index (χ0v) is 8.73. The third-order valence-electron chi connectivity index (χ3n) is 2.51. The van der Waals surface area contributed by atoms with Crippen molar-refractivity contribution in [2.75, 3.05) is 12.8 Å². The Morgan fingerprint density at radius 3 is 2.38 bits per heavy atom. The number of nitrogens with zero attached hydrogens (tertiary/aromatic N) is 1. The molecule has 0 aliphatic rings. The quantitative estimate of drug-likeness (QED) is 0.719. The van der Waals surface area contributed by atoms with E-state index in [-0.39, 0.29) is 0 Å². The molecule has 0 atom stereocenters. The summed E-state index contributed by atoms with van der Waals surface area (Å²) >= 11 is 0. The van der Waals surface area contributed by atoms with Crippen LogP contribution in [0.5, 0.6) is 0 Å². The summed E-state index contributed by atoms with van der Waals surface area (Å²) in [5.41, 5.74) is 10.5. The van der Waals surface area contributed by atoms with Crippen LogP contribution in [0.2, 0.25) is 0 Å². The highest BCUT2D eigenvalue weighted by molar-refractivity contribution is 5.49. The van der Waals surface area contributed by atoms with E-state index in [9.17, 15) is 0 Å². The molecule has 0 radical (unpaired) electrons. The molecule has 1 aromatic rings. The number of pyridine rings is 1. The van der Waals surface area contributed by atoms with Gasteiger partial charge in [-0.25, -0.2) is 4.98 Å². The first-order chi connectivity index (χ1) is 6.07. The molecule has 0 unspecified atom stereocenters. The lowest BCUT2D eigenvalue weighted by atomic mass is 10.0. The Balaban J connectivity index is 3.26. The highest BCUT2D eigenvalue weighted by atomic mass is 14.9. The summed E-state index contributed by atoms with van der Waals surface area (Å²) in [6, 6.07) is 0. The normalized spacial score (nSPS) is 10.5. The van der Waals surface area contributed by atoms with Crippen LogP contribution in [0.15, 0.2) is 0 Å². The van der Waals surface area contributed by atoms with Gasteiger partial charge in [0.1, 0.15) is 5.82 Å². The molecule has 3 nitrogen and oxygen atoms in total. The van der Waals surface area contributed by atoms with Crippen LogP contribution in [-0.4, -0.2) is 12.0 Å². The lowest BCUT2D eigenvalue weighted by Crippen LogP contribution is -2.12. The van der Waals surface area contributed by atoms with Crippen LogP contribution < -0.4 is 11.1 Å². The number of aryl methyl sites for hydroxylation is 1. The van der Waals surface area contributed by atoms with Gasteiger partial charge in [0.15, 0.2) is 0 Å². The lowest BCUT2D eigenvalue weighted by molar-refractivity contribution is 0.806. The summed E-state index contributed by atoms with van der Waals surface area (Å²) in [6.07, 6.45) is 0. The monoisotopic (exact) mass is 179 g/mol. The zero-order valence-electron chi connectivity index (χ0n) is 8.73. The predicted octanol–water partition coefficient (Wildman–Crippen LogP) is 1.31. The minimum Gasteiger partial charge on any atom is -0.383 e. The van der Waals surface area contributed by atoms with E-state index in [4.69, 9.17) is 5.73 Å². The van der Waals surface area contributed by atoms with E-state index in [0.717, 1.165) is 17.8 Å². The molecule has 1 rings (SSSR count). The summed E-state index contributed by atoms with van der Waals surface area (Å²) in [6.45, 7) is 6.94. The Morgan fingerprint density at radius 2 is 1.85 bits per heavy atom. The highest BCUT2D eigenvalue weighted by Gasteiger charge is 2.08. The second-order valence-corrected chi connectivity index (χ2v) is 3.34. The fraction of sp³-hybridized carbons (Fsp3) is 0.500. The van der Waals surface area contributed by atoms with Gasteiger partial charge in [-0.15, -0.1) is 0 Å². The number of nitrogens with two attached hydrogens (primary N) is 1. The second-order valence-electron chi connectivity index (χ2n) is 3.34. The Morgan fingerprint density at radius 1 is 1.23 bits per heavy atom. The predicted molar refractivity (Wildman–Crippen MR) is 55.6 cm³/mol. The molecule has 1 aromatic heterocycles. The number of nitrogens with one attached hydrogen (secondary N) is 1. The number of anilines is 1. The SMILES string of the molecule is CNCc1c(N)nc(C)c(C)c1C. The smallest absolute Gasteiger partial charge is 0.128 e. The maximum atomic E-state index is 5.83. The van der Waals surface area contributed by atoms with Crippen molar-refractivity contribution in [3.8, 4) is 0 Å². The molecule has 72 valence electrons. The van der Waals surface area contributed by atoms with Crippen molar-refractivity contribution in [1.82, 2.24) is 10.3 Å². The van der Waals surface area contributed by atoms with Crippen molar-refractivity contribution in [3.63, 3.8) is 0 Å². The molecule has 0 amide bonds. The first-order valence-electron chi connectivity index (χ1n) is 4.44. The van der Waals surface area contributed by atoms with Crippen LogP contribution >= 0.6 is 0 Å². The Bertz CT molecular complexity index is 318. The summed E-state index contributed by atoms with van der Waals surface area (Å²) in [7, 11) is 1.91. The van der Waals surface area contributed by atoms with Crippen molar-refractivity contribution in [2.45, 2.75) is 27.3 Å². The molecular formula is C10H17N3. The first-order valence-corrected chi connectivity index (χ1v) is 4.44. The molecule has 0 bridgehead atoms. The van der Waals surface area contributed by atoms with Crippen molar-refractivity contribution in [1.29, 1.82) is 0 Å². The largest absolute Gasteiger partial charge is 0.383 e. The van der Waals surface area contributed by atoms with Crippen molar-refractivity contribution in [3.05, 3.63) is 22.4 Å². The van der Waals surface area contributed by atoms with E-state index in [1.54, 1.807) is 0 Å². The number of hydrogen-bond acceptors (Lipinski definition) is 3. The first kappa shape index (κ1) is 9.99. The molecule has 13 heavy (non-hydrogen) atoms. The topological polar surface area (TPSA) is 50.9 Å². The summed E-state index contributed by atoms with van der Waals surface area (Å²) in [5.74, 6) is 0.648. The van der Waals surface area contributed by atoms with Crippen LogP contribution in [0.4, 0.5) is 5.82 Å². The number of rotatable bonds is 2. The average Bonchev–Trinajstić information content (AvgIpc) is 2.09. The molecule has 0 saturated heterocycles. The molecule has 1 heterocycles. The van der Waals surface area contributed by atoms with E-state index in [1.807, 2.05) is 14.0 Å². The van der Waals surface area contributed by atoms with Crippen molar-refractivity contribution >= 4 is 5.82 Å². The molecule has 0 aliphatic carbocycles. The van der Waals surface area contributed by atoms with Crippen LogP contribution in [0, 0.1) is 20.8 Å². The molecule has 0 spiro atoms. The molecule has 0 aliphatic heterocycles. The van der Waals surface area contributed by atoms with E-state index >= 15 is 0 Å². The highest BCUT2D eigenvalue weighted by Crippen LogP contribution is 2.20. The third-order valence-corrected chi connectivity index (χ3v) is 2.51. The maximum Gasteiger partial charge on any atom is 0.128 e. The molecule has 0 fully saturated rings. The van der Waals surface area contributed by atoms with Crippen LogP contribution in [-0.2, 0) is 6.54 Å². The van der Waals surface area contributed by atoms with Gasteiger partial charge in [0, 0.05) is 17.8 Å². The van der Waals surface area contributed by atoms with Gasteiger partial charge >= 0.3 is 0 Å². The van der Waals surface area contributed by atoms with Gasteiger partial charge in [0.05, 0.1) is 0 Å². The molecular weight excluding hydrogens is 162 g/mol. The third kappa shape index (κ3) is 1.80. The Hall–Kier alpha value is -1.09. The fourth-order valence-electron chi connectivity index (χ4n) is 1.42. The summed E-state index contributed by atoms with van der Waals surface area (Å²) in [5, 5.41) is 3.09. The van der Waals surface area contributed by atoms with Gasteiger partial charge in [0.2, 0.25) is 0 Å².